The highest BCUT2D eigenvalue weighted by atomic mass is 79.9. The van der Waals surface area contributed by atoms with E-state index in [-0.39, 0.29) is 5.91 Å². The van der Waals surface area contributed by atoms with Crippen LogP contribution in [0, 0.1) is 6.92 Å². The van der Waals surface area contributed by atoms with E-state index in [1.54, 1.807) is 12.4 Å². The predicted molar refractivity (Wildman–Crippen MR) is 72.2 cm³/mol. The molecule has 5 heteroatoms. The van der Waals surface area contributed by atoms with E-state index in [1.165, 1.54) is 11.3 Å². The van der Waals surface area contributed by atoms with Gasteiger partial charge < -0.3 is 5.32 Å². The summed E-state index contributed by atoms with van der Waals surface area (Å²) in [6.07, 6.45) is 3.53. The fraction of sp³-hybridized carbons (Fsp3) is 0.167. The van der Waals surface area contributed by atoms with Crippen LogP contribution in [0.3, 0.4) is 0 Å². The molecule has 0 aliphatic heterocycles. The van der Waals surface area contributed by atoms with Crippen LogP contribution in [0.4, 0.5) is 0 Å². The number of carbonyl (C=O) groups excluding carboxylic acids is 1. The number of aryl methyl sites for hydroxylation is 1. The fourth-order valence-corrected chi connectivity index (χ4v) is 2.54. The standard InChI is InChI=1S/C12H11BrN2OS/c1-8-5-14-3-2-9(8)6-15-12(16)10-4-11(13)17-7-10/h2-5,7H,6H2,1H3,(H,15,16). The molecule has 0 bridgehead atoms. The molecule has 0 aliphatic rings. The quantitative estimate of drug-likeness (QED) is 0.946. The van der Waals surface area contributed by atoms with Crippen molar-refractivity contribution in [3.8, 4) is 0 Å². The van der Waals surface area contributed by atoms with Crippen LogP contribution in [0.1, 0.15) is 21.5 Å². The first-order chi connectivity index (χ1) is 8.16. The number of carbonyl (C=O) groups is 1. The normalized spacial score (nSPS) is 10.2. The average Bonchev–Trinajstić information content (AvgIpc) is 2.74. The Balaban J connectivity index is 1.99. The van der Waals surface area contributed by atoms with Crippen molar-refractivity contribution in [1.29, 1.82) is 0 Å². The van der Waals surface area contributed by atoms with Crippen molar-refractivity contribution < 1.29 is 4.79 Å². The van der Waals surface area contributed by atoms with Crippen LogP contribution in [0.25, 0.3) is 0 Å². The van der Waals surface area contributed by atoms with E-state index in [9.17, 15) is 4.79 Å². The molecular formula is C12H11BrN2OS. The van der Waals surface area contributed by atoms with E-state index in [2.05, 4.69) is 26.2 Å². The van der Waals surface area contributed by atoms with Crippen LogP contribution in [0.15, 0.2) is 33.7 Å². The maximum absolute atomic E-state index is 11.8. The molecular weight excluding hydrogens is 300 g/mol. The smallest absolute Gasteiger partial charge is 0.252 e. The highest BCUT2D eigenvalue weighted by Gasteiger charge is 2.07. The Kier molecular flexibility index (Phi) is 3.91. The first-order valence-electron chi connectivity index (χ1n) is 5.08. The maximum atomic E-state index is 11.8. The van der Waals surface area contributed by atoms with Gasteiger partial charge in [-0.05, 0) is 46.1 Å². The minimum absolute atomic E-state index is 0.0526. The topological polar surface area (TPSA) is 42.0 Å². The lowest BCUT2D eigenvalue weighted by Gasteiger charge is -2.06. The van der Waals surface area contributed by atoms with Crippen LogP contribution in [-0.4, -0.2) is 10.9 Å². The number of thiophene rings is 1. The van der Waals surface area contributed by atoms with Gasteiger partial charge in [-0.25, -0.2) is 0 Å². The van der Waals surface area contributed by atoms with Gasteiger partial charge in [-0.3, -0.25) is 9.78 Å². The van der Waals surface area contributed by atoms with Crippen LogP contribution >= 0.6 is 27.3 Å². The van der Waals surface area contributed by atoms with Gasteiger partial charge in [0.15, 0.2) is 0 Å². The largest absolute Gasteiger partial charge is 0.348 e. The van der Waals surface area contributed by atoms with Crippen molar-refractivity contribution in [3.05, 3.63) is 50.4 Å². The van der Waals surface area contributed by atoms with E-state index in [0.717, 1.165) is 14.9 Å². The lowest BCUT2D eigenvalue weighted by atomic mass is 10.1. The zero-order valence-electron chi connectivity index (χ0n) is 9.24. The van der Waals surface area contributed by atoms with Crippen LogP contribution in [-0.2, 0) is 6.54 Å². The van der Waals surface area contributed by atoms with Crippen molar-refractivity contribution in [2.24, 2.45) is 0 Å². The van der Waals surface area contributed by atoms with Crippen LogP contribution in [0.2, 0.25) is 0 Å². The molecule has 0 spiro atoms. The number of hydrogen-bond acceptors (Lipinski definition) is 3. The number of hydrogen-bond donors (Lipinski definition) is 1. The molecule has 0 aromatic carbocycles. The van der Waals surface area contributed by atoms with Crippen molar-refractivity contribution in [2.75, 3.05) is 0 Å². The number of amides is 1. The Morgan fingerprint density at radius 3 is 3.06 bits per heavy atom. The molecule has 17 heavy (non-hydrogen) atoms. The third-order valence-corrected chi connectivity index (χ3v) is 3.91. The molecule has 88 valence electrons. The summed E-state index contributed by atoms with van der Waals surface area (Å²) in [5.41, 5.74) is 2.86. The summed E-state index contributed by atoms with van der Waals surface area (Å²) in [4.78, 5) is 15.8. The molecule has 2 aromatic rings. The molecule has 3 nitrogen and oxygen atoms in total. The maximum Gasteiger partial charge on any atom is 0.252 e. The second kappa shape index (κ2) is 5.42. The summed E-state index contributed by atoms with van der Waals surface area (Å²) in [7, 11) is 0. The molecule has 0 fully saturated rings. The minimum atomic E-state index is -0.0526. The predicted octanol–water partition coefficient (Wildman–Crippen LogP) is 3.14. The summed E-state index contributed by atoms with van der Waals surface area (Å²) in [6, 6.07) is 3.73. The first-order valence-corrected chi connectivity index (χ1v) is 6.76. The second-order valence-corrected chi connectivity index (χ2v) is 5.91. The molecule has 1 amide bonds. The highest BCUT2D eigenvalue weighted by Crippen LogP contribution is 2.20. The highest BCUT2D eigenvalue weighted by molar-refractivity contribution is 9.11. The molecule has 2 aromatic heterocycles. The first kappa shape index (κ1) is 12.3. The molecule has 2 heterocycles. The lowest BCUT2D eigenvalue weighted by Crippen LogP contribution is -2.22. The Bertz CT molecular complexity index is 539. The van der Waals surface area contributed by atoms with E-state index < -0.39 is 0 Å². The monoisotopic (exact) mass is 310 g/mol. The van der Waals surface area contributed by atoms with Gasteiger partial charge in [0, 0.05) is 24.3 Å². The lowest BCUT2D eigenvalue weighted by molar-refractivity contribution is 0.0951. The SMILES string of the molecule is Cc1cnccc1CNC(=O)c1csc(Br)c1. The average molecular weight is 311 g/mol. The van der Waals surface area contributed by atoms with E-state index >= 15 is 0 Å². The molecule has 1 N–H and O–H groups in total. The Labute approximate surface area is 112 Å². The van der Waals surface area contributed by atoms with Crippen molar-refractivity contribution in [2.45, 2.75) is 13.5 Å². The van der Waals surface area contributed by atoms with Crippen molar-refractivity contribution in [3.63, 3.8) is 0 Å². The fourth-order valence-electron chi connectivity index (χ4n) is 1.41. The molecule has 0 aliphatic carbocycles. The summed E-state index contributed by atoms with van der Waals surface area (Å²) in [5, 5.41) is 4.72. The number of rotatable bonds is 3. The summed E-state index contributed by atoms with van der Waals surface area (Å²) >= 11 is 4.84. The van der Waals surface area contributed by atoms with Crippen molar-refractivity contribution >= 4 is 33.2 Å². The van der Waals surface area contributed by atoms with Gasteiger partial charge in [0.1, 0.15) is 0 Å². The number of pyridine rings is 1. The molecule has 0 saturated heterocycles. The molecule has 0 saturated carbocycles. The van der Waals surface area contributed by atoms with Gasteiger partial charge in [-0.2, -0.15) is 0 Å². The van der Waals surface area contributed by atoms with Gasteiger partial charge in [0.25, 0.3) is 5.91 Å². The number of halogens is 1. The van der Waals surface area contributed by atoms with Crippen LogP contribution in [0.5, 0.6) is 0 Å². The van der Waals surface area contributed by atoms with E-state index in [4.69, 9.17) is 0 Å². The Morgan fingerprint density at radius 2 is 2.41 bits per heavy atom. The van der Waals surface area contributed by atoms with E-state index in [0.29, 0.717) is 12.1 Å². The number of nitrogens with one attached hydrogen (secondary N) is 1. The molecule has 0 radical (unpaired) electrons. The number of nitrogens with zero attached hydrogens (tertiary/aromatic N) is 1. The van der Waals surface area contributed by atoms with E-state index in [1.807, 2.05) is 24.4 Å². The van der Waals surface area contributed by atoms with Crippen molar-refractivity contribution in [1.82, 2.24) is 10.3 Å². The van der Waals surface area contributed by atoms with Gasteiger partial charge in [-0.15, -0.1) is 11.3 Å². The molecule has 2 rings (SSSR count). The Hall–Kier alpha value is -1.20. The molecule has 0 atom stereocenters. The van der Waals surface area contributed by atoms with Gasteiger partial charge in [0.2, 0.25) is 0 Å². The third-order valence-electron chi connectivity index (χ3n) is 2.41. The van der Waals surface area contributed by atoms with Gasteiger partial charge >= 0.3 is 0 Å². The zero-order chi connectivity index (χ0) is 12.3. The Morgan fingerprint density at radius 1 is 1.59 bits per heavy atom. The summed E-state index contributed by atoms with van der Waals surface area (Å²) in [6.45, 7) is 2.51. The minimum Gasteiger partial charge on any atom is -0.348 e. The third kappa shape index (κ3) is 3.14. The van der Waals surface area contributed by atoms with Crippen LogP contribution < -0.4 is 5.32 Å². The zero-order valence-corrected chi connectivity index (χ0v) is 11.6. The summed E-state index contributed by atoms with van der Waals surface area (Å²) < 4.78 is 0.961. The summed E-state index contributed by atoms with van der Waals surface area (Å²) in [5.74, 6) is -0.0526. The van der Waals surface area contributed by atoms with Gasteiger partial charge in [-0.1, -0.05) is 0 Å². The molecule has 0 unspecified atom stereocenters. The second-order valence-electron chi connectivity index (χ2n) is 3.62. The van der Waals surface area contributed by atoms with Gasteiger partial charge in [0.05, 0.1) is 9.35 Å². The number of aromatic nitrogens is 1.